The maximum absolute atomic E-state index is 12.6. The van der Waals surface area contributed by atoms with Crippen molar-refractivity contribution >= 4 is 11.7 Å². The van der Waals surface area contributed by atoms with E-state index in [2.05, 4.69) is 33.6 Å². The van der Waals surface area contributed by atoms with Gasteiger partial charge in [-0.25, -0.2) is 4.68 Å². The Hall–Kier alpha value is -2.43. The Morgan fingerprint density at radius 2 is 2.10 bits per heavy atom. The smallest absolute Gasteiger partial charge is 0.225 e. The summed E-state index contributed by atoms with van der Waals surface area (Å²) in [7, 11) is 0. The third-order valence-corrected chi connectivity index (χ3v) is 4.41. The van der Waals surface area contributed by atoms with E-state index >= 15 is 0 Å². The number of hydrogen-bond donors (Lipinski definition) is 1. The van der Waals surface area contributed by atoms with Crippen molar-refractivity contribution in [2.45, 2.75) is 25.3 Å². The third kappa shape index (κ3) is 1.88. The van der Waals surface area contributed by atoms with Gasteiger partial charge >= 0.3 is 0 Å². The molecule has 0 saturated heterocycles. The number of anilines is 1. The lowest BCUT2D eigenvalue weighted by atomic mass is 9.78. The Morgan fingerprint density at radius 3 is 2.90 bits per heavy atom. The fourth-order valence-electron chi connectivity index (χ4n) is 3.37. The highest BCUT2D eigenvalue weighted by Crippen LogP contribution is 2.40. The number of nitrogens with zero attached hydrogens (tertiary/aromatic N) is 3. The van der Waals surface area contributed by atoms with Crippen LogP contribution in [-0.4, -0.2) is 20.5 Å². The van der Waals surface area contributed by atoms with E-state index < -0.39 is 0 Å². The first-order valence-corrected chi connectivity index (χ1v) is 7.20. The summed E-state index contributed by atoms with van der Waals surface area (Å²) in [5.74, 6) is 0.979. The van der Waals surface area contributed by atoms with Crippen molar-refractivity contribution in [3.63, 3.8) is 0 Å². The molecule has 2 aromatic rings. The first-order chi connectivity index (χ1) is 10.2. The van der Waals surface area contributed by atoms with Gasteiger partial charge in [0.15, 0.2) is 0 Å². The molecule has 1 N–H and O–H groups in total. The fraction of sp³-hybridized carbons (Fsp3) is 0.312. The van der Waals surface area contributed by atoms with Crippen LogP contribution in [0.4, 0.5) is 5.95 Å². The lowest BCUT2D eigenvalue weighted by Crippen LogP contribution is -2.38. The van der Waals surface area contributed by atoms with E-state index in [0.717, 1.165) is 5.70 Å². The van der Waals surface area contributed by atoms with Crippen molar-refractivity contribution in [1.29, 1.82) is 0 Å². The van der Waals surface area contributed by atoms with Crippen molar-refractivity contribution in [2.75, 3.05) is 5.32 Å². The molecule has 0 unspecified atom stereocenters. The molecule has 106 valence electrons. The first-order valence-electron chi connectivity index (χ1n) is 7.20. The molecule has 5 nitrogen and oxygen atoms in total. The van der Waals surface area contributed by atoms with Gasteiger partial charge < -0.3 is 5.32 Å². The molecule has 2 aliphatic rings. The van der Waals surface area contributed by atoms with E-state index in [1.165, 1.54) is 11.9 Å². The summed E-state index contributed by atoms with van der Waals surface area (Å²) < 4.78 is 1.79. The highest BCUT2D eigenvalue weighted by Gasteiger charge is 2.40. The second-order valence-electron chi connectivity index (χ2n) is 5.68. The number of benzene rings is 1. The molecule has 0 bridgehead atoms. The second kappa shape index (κ2) is 4.55. The molecule has 5 heteroatoms. The SMILES string of the molecule is C[C@H]1[C@@H]2C(=O)C[C@@H](c3ccccc3)C=C2Nc2ncnn21. The van der Waals surface area contributed by atoms with Gasteiger partial charge in [0.05, 0.1) is 12.0 Å². The van der Waals surface area contributed by atoms with Crippen molar-refractivity contribution in [3.05, 3.63) is 54.0 Å². The van der Waals surface area contributed by atoms with E-state index in [0.29, 0.717) is 12.4 Å². The van der Waals surface area contributed by atoms with Gasteiger partial charge in [-0.2, -0.15) is 10.1 Å². The van der Waals surface area contributed by atoms with Crippen LogP contribution in [0.2, 0.25) is 0 Å². The average molecular weight is 280 g/mol. The Balaban J connectivity index is 1.76. The Kier molecular flexibility index (Phi) is 2.67. The zero-order valence-corrected chi connectivity index (χ0v) is 11.7. The number of nitrogens with one attached hydrogen (secondary N) is 1. The minimum atomic E-state index is -0.140. The molecule has 1 aliphatic carbocycles. The van der Waals surface area contributed by atoms with E-state index in [1.54, 1.807) is 4.68 Å². The Morgan fingerprint density at radius 1 is 1.29 bits per heavy atom. The summed E-state index contributed by atoms with van der Waals surface area (Å²) in [5, 5.41) is 7.47. The quantitative estimate of drug-likeness (QED) is 0.872. The first kappa shape index (κ1) is 12.3. The molecular weight excluding hydrogens is 264 g/mol. The molecule has 0 amide bonds. The number of hydrogen-bond acceptors (Lipinski definition) is 4. The molecule has 3 atom stereocenters. The maximum atomic E-state index is 12.6. The Bertz CT molecular complexity index is 719. The number of aromatic nitrogens is 3. The van der Waals surface area contributed by atoms with Crippen molar-refractivity contribution in [3.8, 4) is 0 Å². The molecule has 0 spiro atoms. The normalized spacial score (nSPS) is 27.4. The van der Waals surface area contributed by atoms with Gasteiger partial charge in [0.25, 0.3) is 0 Å². The molecule has 21 heavy (non-hydrogen) atoms. The zero-order chi connectivity index (χ0) is 14.4. The highest BCUT2D eigenvalue weighted by molar-refractivity contribution is 5.88. The maximum Gasteiger partial charge on any atom is 0.225 e. The van der Waals surface area contributed by atoms with Gasteiger partial charge in [-0.15, -0.1) is 0 Å². The van der Waals surface area contributed by atoms with E-state index in [9.17, 15) is 4.79 Å². The van der Waals surface area contributed by atoms with Crippen LogP contribution in [0.5, 0.6) is 0 Å². The van der Waals surface area contributed by atoms with Crippen LogP contribution >= 0.6 is 0 Å². The van der Waals surface area contributed by atoms with Crippen molar-refractivity contribution in [2.24, 2.45) is 5.92 Å². The predicted octanol–water partition coefficient (Wildman–Crippen LogP) is 2.52. The molecule has 0 radical (unpaired) electrons. The number of carbonyl (C=O) groups is 1. The average Bonchev–Trinajstić information content (AvgIpc) is 2.96. The molecule has 1 aromatic heterocycles. The molecular formula is C16H16N4O. The fourth-order valence-corrected chi connectivity index (χ4v) is 3.37. The lowest BCUT2D eigenvalue weighted by Gasteiger charge is -2.36. The molecule has 0 fully saturated rings. The number of Topliss-reactive ketones (excluding diaryl/α,β-unsaturated/α-hetero) is 1. The van der Waals surface area contributed by atoms with Crippen molar-refractivity contribution in [1.82, 2.24) is 14.8 Å². The van der Waals surface area contributed by atoms with Crippen LogP contribution in [0.25, 0.3) is 0 Å². The van der Waals surface area contributed by atoms with Gasteiger partial charge in [0.1, 0.15) is 12.1 Å². The molecule has 1 aromatic carbocycles. The van der Waals surface area contributed by atoms with E-state index in [-0.39, 0.29) is 23.7 Å². The van der Waals surface area contributed by atoms with Gasteiger partial charge in [-0.3, -0.25) is 4.79 Å². The second-order valence-corrected chi connectivity index (χ2v) is 5.68. The van der Waals surface area contributed by atoms with Crippen LogP contribution in [0.3, 0.4) is 0 Å². The van der Waals surface area contributed by atoms with Gasteiger partial charge in [0.2, 0.25) is 5.95 Å². The predicted molar refractivity (Wildman–Crippen MR) is 78.7 cm³/mol. The highest BCUT2D eigenvalue weighted by atomic mass is 16.1. The van der Waals surface area contributed by atoms with E-state index in [4.69, 9.17) is 0 Å². The molecule has 0 saturated carbocycles. The summed E-state index contributed by atoms with van der Waals surface area (Å²) in [6.07, 6.45) is 4.25. The van der Waals surface area contributed by atoms with Crippen LogP contribution in [0.15, 0.2) is 48.4 Å². The number of fused-ring (bicyclic) bond motifs is 2. The lowest BCUT2D eigenvalue weighted by molar-refractivity contribution is -0.123. The minimum Gasteiger partial charge on any atom is -0.328 e. The summed E-state index contributed by atoms with van der Waals surface area (Å²) in [6, 6.07) is 10.2. The third-order valence-electron chi connectivity index (χ3n) is 4.41. The molecule has 2 heterocycles. The van der Waals surface area contributed by atoms with Gasteiger partial charge in [-0.05, 0) is 12.5 Å². The number of ketones is 1. The summed E-state index contributed by atoms with van der Waals surface area (Å²) >= 11 is 0. The summed E-state index contributed by atoms with van der Waals surface area (Å²) in [6.45, 7) is 2.03. The van der Waals surface area contributed by atoms with Gasteiger partial charge in [-0.1, -0.05) is 36.4 Å². The largest absolute Gasteiger partial charge is 0.328 e. The standard InChI is InChI=1S/C16H16N4O/c1-10-15-13(19-16-17-9-18-20(10)16)7-12(8-14(15)21)11-5-3-2-4-6-11/h2-7,9-10,12,15H,8H2,1H3,(H,17,18,19)/t10-,12-,15-/m0/s1. The Labute approximate surface area is 122 Å². The summed E-state index contributed by atoms with van der Waals surface area (Å²) in [5.41, 5.74) is 2.14. The monoisotopic (exact) mass is 280 g/mol. The minimum absolute atomic E-state index is 0.0132. The molecule has 4 rings (SSSR count). The topological polar surface area (TPSA) is 59.8 Å². The van der Waals surface area contributed by atoms with Crippen LogP contribution in [-0.2, 0) is 4.79 Å². The number of rotatable bonds is 1. The van der Waals surface area contributed by atoms with E-state index in [1.807, 2.05) is 25.1 Å². The van der Waals surface area contributed by atoms with Crippen molar-refractivity contribution < 1.29 is 4.79 Å². The van der Waals surface area contributed by atoms with Crippen LogP contribution < -0.4 is 5.32 Å². The summed E-state index contributed by atoms with van der Waals surface area (Å²) in [4.78, 5) is 16.8. The zero-order valence-electron chi connectivity index (χ0n) is 11.7. The number of carbonyl (C=O) groups excluding carboxylic acids is 1. The van der Waals surface area contributed by atoms with Crippen LogP contribution in [0, 0.1) is 5.92 Å². The number of allylic oxidation sites excluding steroid dienone is 2. The van der Waals surface area contributed by atoms with Crippen LogP contribution in [0.1, 0.15) is 30.9 Å². The molecule has 1 aliphatic heterocycles. The van der Waals surface area contributed by atoms with Gasteiger partial charge in [0, 0.05) is 18.0 Å².